The zero-order valence-corrected chi connectivity index (χ0v) is 20.9. The molecule has 2 fully saturated rings. The summed E-state index contributed by atoms with van der Waals surface area (Å²) in [5.74, 6) is 0.827. The zero-order chi connectivity index (χ0) is 24.6. The second kappa shape index (κ2) is 9.72. The van der Waals surface area contributed by atoms with Crippen molar-refractivity contribution in [1.29, 1.82) is 0 Å². The molecule has 2 N–H and O–H groups in total. The SMILES string of the molecule is C[C@@H]1CN(C(=O)C2CCC(NS(=O)(=O)c3ccc4nc(-c5ccccc5)[nH]c4c3)CC2)C[C@H](C)O1. The number of nitrogens with one attached hydrogen (secondary N) is 2. The summed E-state index contributed by atoms with van der Waals surface area (Å²) in [5, 5.41) is 0. The second-order valence-electron chi connectivity index (χ2n) is 9.80. The number of amides is 1. The first-order valence-corrected chi connectivity index (χ1v) is 13.8. The normalized spacial score (nSPS) is 25.6. The molecule has 1 aliphatic carbocycles. The molecule has 0 radical (unpaired) electrons. The minimum Gasteiger partial charge on any atom is -0.372 e. The number of benzene rings is 2. The summed E-state index contributed by atoms with van der Waals surface area (Å²) >= 11 is 0. The van der Waals surface area contributed by atoms with E-state index in [9.17, 15) is 13.2 Å². The van der Waals surface area contributed by atoms with Gasteiger partial charge in [-0.05, 0) is 57.7 Å². The number of carbonyl (C=O) groups excluding carboxylic acids is 1. The zero-order valence-electron chi connectivity index (χ0n) is 20.1. The van der Waals surface area contributed by atoms with Crippen molar-refractivity contribution in [2.24, 2.45) is 5.92 Å². The van der Waals surface area contributed by atoms with E-state index < -0.39 is 10.0 Å². The summed E-state index contributed by atoms with van der Waals surface area (Å²) in [6.07, 6.45) is 2.76. The molecule has 0 unspecified atom stereocenters. The van der Waals surface area contributed by atoms with Crippen LogP contribution in [0.25, 0.3) is 22.4 Å². The van der Waals surface area contributed by atoms with Crippen molar-refractivity contribution in [3.8, 4) is 11.4 Å². The molecule has 1 aromatic heterocycles. The fourth-order valence-electron chi connectivity index (χ4n) is 5.25. The first-order valence-electron chi connectivity index (χ1n) is 12.3. The Morgan fingerprint density at radius 3 is 2.40 bits per heavy atom. The average Bonchev–Trinajstić information content (AvgIpc) is 3.27. The predicted molar refractivity (Wildman–Crippen MR) is 134 cm³/mol. The third kappa shape index (κ3) is 5.27. The van der Waals surface area contributed by atoms with E-state index in [0.717, 1.165) is 5.56 Å². The minimum absolute atomic E-state index is 0.0434. The summed E-state index contributed by atoms with van der Waals surface area (Å²) in [4.78, 5) is 22.9. The Hall–Kier alpha value is -2.75. The van der Waals surface area contributed by atoms with Gasteiger partial charge in [0, 0.05) is 30.6 Å². The molecule has 2 aromatic carbocycles. The van der Waals surface area contributed by atoms with Crippen LogP contribution in [0.15, 0.2) is 53.4 Å². The van der Waals surface area contributed by atoms with Gasteiger partial charge in [0.05, 0.1) is 28.1 Å². The van der Waals surface area contributed by atoms with Crippen molar-refractivity contribution < 1.29 is 17.9 Å². The Morgan fingerprint density at radius 2 is 1.71 bits per heavy atom. The Labute approximate surface area is 206 Å². The van der Waals surface area contributed by atoms with Crippen LogP contribution >= 0.6 is 0 Å². The number of carbonyl (C=O) groups is 1. The maximum Gasteiger partial charge on any atom is 0.240 e. The average molecular weight is 497 g/mol. The molecule has 9 heteroatoms. The molecule has 1 saturated heterocycles. The highest BCUT2D eigenvalue weighted by Crippen LogP contribution is 2.29. The summed E-state index contributed by atoms with van der Waals surface area (Å²) in [6.45, 7) is 5.23. The van der Waals surface area contributed by atoms with Gasteiger partial charge < -0.3 is 14.6 Å². The largest absolute Gasteiger partial charge is 0.372 e. The molecule has 186 valence electrons. The van der Waals surface area contributed by atoms with Gasteiger partial charge >= 0.3 is 0 Å². The van der Waals surface area contributed by atoms with Crippen LogP contribution in [0.3, 0.4) is 0 Å². The Bertz CT molecular complexity index is 1290. The standard InChI is InChI=1S/C26H32N4O4S/c1-17-15-30(16-18(2)34-17)26(31)20-8-10-21(11-9-20)29-35(32,33)22-12-13-23-24(14-22)28-25(27-23)19-6-4-3-5-7-19/h3-7,12-14,17-18,20-21,29H,8-11,15-16H2,1-2H3,(H,27,28)/t17-,18+,20?,21?. The molecular formula is C26H32N4O4S. The van der Waals surface area contributed by atoms with E-state index in [1.807, 2.05) is 49.1 Å². The first-order chi connectivity index (χ1) is 16.8. The van der Waals surface area contributed by atoms with Gasteiger partial charge in [-0.15, -0.1) is 0 Å². The van der Waals surface area contributed by atoms with E-state index in [1.165, 1.54) is 0 Å². The fourth-order valence-corrected chi connectivity index (χ4v) is 6.58. The number of sulfonamides is 1. The van der Waals surface area contributed by atoms with Gasteiger partial charge in [-0.1, -0.05) is 30.3 Å². The van der Waals surface area contributed by atoms with Crippen LogP contribution in [0, 0.1) is 5.92 Å². The van der Waals surface area contributed by atoms with Crippen LogP contribution in [0.4, 0.5) is 0 Å². The summed E-state index contributed by atoms with van der Waals surface area (Å²) < 4.78 is 34.8. The lowest BCUT2D eigenvalue weighted by molar-refractivity contribution is -0.148. The fraction of sp³-hybridized carbons (Fsp3) is 0.462. The smallest absolute Gasteiger partial charge is 0.240 e. The highest BCUT2D eigenvalue weighted by atomic mass is 32.2. The molecule has 1 aliphatic heterocycles. The number of nitrogens with zero attached hydrogens (tertiary/aromatic N) is 2. The van der Waals surface area contributed by atoms with Crippen molar-refractivity contribution in [2.45, 2.75) is 62.7 Å². The van der Waals surface area contributed by atoms with Crippen LogP contribution in [0.1, 0.15) is 39.5 Å². The van der Waals surface area contributed by atoms with Gasteiger partial charge in [0.2, 0.25) is 15.9 Å². The van der Waals surface area contributed by atoms with E-state index in [4.69, 9.17) is 4.74 Å². The van der Waals surface area contributed by atoms with Crippen LogP contribution in [0.2, 0.25) is 0 Å². The van der Waals surface area contributed by atoms with Crippen molar-refractivity contribution >= 4 is 27.0 Å². The lowest BCUT2D eigenvalue weighted by Crippen LogP contribution is -2.51. The minimum atomic E-state index is -3.69. The molecule has 0 spiro atoms. The number of H-pyrrole nitrogens is 1. The van der Waals surface area contributed by atoms with Crippen LogP contribution in [0.5, 0.6) is 0 Å². The number of fused-ring (bicyclic) bond motifs is 1. The van der Waals surface area contributed by atoms with E-state index in [2.05, 4.69) is 14.7 Å². The third-order valence-electron chi connectivity index (χ3n) is 6.94. The molecule has 2 aliphatic rings. The monoisotopic (exact) mass is 496 g/mol. The molecule has 1 amide bonds. The lowest BCUT2D eigenvalue weighted by atomic mass is 9.85. The van der Waals surface area contributed by atoms with E-state index in [0.29, 0.717) is 55.6 Å². The Balaban J connectivity index is 1.22. The maximum atomic E-state index is 13.1. The van der Waals surface area contributed by atoms with Crippen molar-refractivity contribution in [1.82, 2.24) is 19.6 Å². The molecule has 3 aromatic rings. The predicted octanol–water partition coefficient (Wildman–Crippen LogP) is 3.70. The molecule has 5 rings (SSSR count). The number of ether oxygens (including phenoxy) is 1. The van der Waals surface area contributed by atoms with Crippen LogP contribution < -0.4 is 4.72 Å². The lowest BCUT2D eigenvalue weighted by Gasteiger charge is -2.38. The quantitative estimate of drug-likeness (QED) is 0.561. The number of hydrogen-bond donors (Lipinski definition) is 2. The van der Waals surface area contributed by atoms with Crippen molar-refractivity contribution in [2.75, 3.05) is 13.1 Å². The molecule has 2 heterocycles. The molecule has 8 nitrogen and oxygen atoms in total. The van der Waals surface area contributed by atoms with Crippen molar-refractivity contribution in [3.05, 3.63) is 48.5 Å². The van der Waals surface area contributed by atoms with Gasteiger partial charge in [-0.3, -0.25) is 4.79 Å². The molecule has 2 atom stereocenters. The highest BCUT2D eigenvalue weighted by molar-refractivity contribution is 7.89. The topological polar surface area (TPSA) is 104 Å². The van der Waals surface area contributed by atoms with Crippen LogP contribution in [-0.2, 0) is 19.6 Å². The van der Waals surface area contributed by atoms with Crippen molar-refractivity contribution in [3.63, 3.8) is 0 Å². The van der Waals surface area contributed by atoms with Gasteiger partial charge in [-0.25, -0.2) is 18.1 Å². The Morgan fingerprint density at radius 1 is 1.03 bits per heavy atom. The molecular weight excluding hydrogens is 464 g/mol. The summed E-state index contributed by atoms with van der Waals surface area (Å²) in [6, 6.07) is 14.5. The maximum absolute atomic E-state index is 13.1. The summed E-state index contributed by atoms with van der Waals surface area (Å²) in [5.41, 5.74) is 2.34. The molecule has 35 heavy (non-hydrogen) atoms. The number of morpholine rings is 1. The van der Waals surface area contributed by atoms with Crippen LogP contribution in [-0.4, -0.2) is 60.5 Å². The molecule has 0 bridgehead atoms. The second-order valence-corrected chi connectivity index (χ2v) is 11.5. The number of aromatic amines is 1. The number of hydrogen-bond acceptors (Lipinski definition) is 5. The third-order valence-corrected chi connectivity index (χ3v) is 8.46. The van der Waals surface area contributed by atoms with E-state index in [1.54, 1.807) is 18.2 Å². The van der Waals surface area contributed by atoms with E-state index >= 15 is 0 Å². The number of rotatable bonds is 5. The van der Waals surface area contributed by atoms with Gasteiger partial charge in [0.1, 0.15) is 5.82 Å². The Kier molecular flexibility index (Phi) is 6.65. The summed E-state index contributed by atoms with van der Waals surface area (Å²) in [7, 11) is -3.69. The first kappa shape index (κ1) is 24.0. The highest BCUT2D eigenvalue weighted by Gasteiger charge is 2.34. The molecule has 1 saturated carbocycles. The van der Waals surface area contributed by atoms with E-state index in [-0.39, 0.29) is 35.0 Å². The van der Waals surface area contributed by atoms with Gasteiger partial charge in [0.15, 0.2) is 0 Å². The van der Waals surface area contributed by atoms with Gasteiger partial charge in [-0.2, -0.15) is 0 Å². The number of aromatic nitrogens is 2. The van der Waals surface area contributed by atoms with Gasteiger partial charge in [0.25, 0.3) is 0 Å². The number of imidazole rings is 1.